The van der Waals surface area contributed by atoms with Gasteiger partial charge >= 0.3 is 0 Å². The van der Waals surface area contributed by atoms with Gasteiger partial charge in [0.25, 0.3) is 0 Å². The Hall–Kier alpha value is -1.92. The Balaban J connectivity index is 1.88. The minimum atomic E-state index is -0.523. The van der Waals surface area contributed by atoms with Crippen molar-refractivity contribution >= 4 is 17.5 Å². The van der Waals surface area contributed by atoms with Crippen molar-refractivity contribution in [1.82, 2.24) is 20.0 Å². The van der Waals surface area contributed by atoms with Crippen LogP contribution in [0.15, 0.2) is 36.7 Å². The topological polar surface area (TPSA) is 50.2 Å². The number of nitrogens with zero attached hydrogens (tertiary/aromatic N) is 3. The molecule has 1 atom stereocenters. The van der Waals surface area contributed by atoms with Crippen LogP contribution in [0.2, 0.25) is 5.02 Å². The lowest BCUT2D eigenvalue weighted by atomic mass is 10.1. The number of hydrogen-bond acceptors (Lipinski definition) is 3. The second-order valence-corrected chi connectivity index (χ2v) is 5.92. The third-order valence-corrected chi connectivity index (χ3v) is 3.59. The molecule has 0 bridgehead atoms. The lowest BCUT2D eigenvalue weighted by Crippen LogP contribution is -2.37. The predicted octanol–water partition coefficient (Wildman–Crippen LogP) is 2.48. The molecule has 2 rings (SSSR count). The summed E-state index contributed by atoms with van der Waals surface area (Å²) >= 11 is 5.79. The van der Waals surface area contributed by atoms with Crippen LogP contribution in [0.3, 0.4) is 0 Å². The first-order valence-electron chi connectivity index (χ1n) is 7.35. The van der Waals surface area contributed by atoms with Gasteiger partial charge in [0, 0.05) is 19.3 Å². The van der Waals surface area contributed by atoms with Gasteiger partial charge in [0.05, 0.1) is 11.2 Å². The van der Waals surface area contributed by atoms with Crippen molar-refractivity contribution in [3.63, 3.8) is 0 Å². The second kappa shape index (κ2) is 8.08. The number of rotatable bonds is 7. The van der Waals surface area contributed by atoms with Crippen LogP contribution in [-0.4, -0.2) is 41.2 Å². The highest BCUT2D eigenvalue weighted by molar-refractivity contribution is 6.30. The summed E-state index contributed by atoms with van der Waals surface area (Å²) in [6.45, 7) is 1.18. The standard InChI is InChI=1S/C16H20ClFN4O/c1-21(2)15(12-5-3-6-14(18)9-12)16(23)19-7-4-8-22-11-13(17)10-20-22/h3,5-6,9-11,15H,4,7-8H2,1-2H3,(H,19,23)/t15-/m0/s1. The molecule has 0 spiro atoms. The van der Waals surface area contributed by atoms with Gasteiger partial charge in [0.1, 0.15) is 11.9 Å². The van der Waals surface area contributed by atoms with Crippen molar-refractivity contribution in [1.29, 1.82) is 0 Å². The fourth-order valence-corrected chi connectivity index (χ4v) is 2.53. The average Bonchev–Trinajstić information content (AvgIpc) is 2.89. The minimum absolute atomic E-state index is 0.154. The number of aryl methyl sites for hydroxylation is 1. The van der Waals surface area contributed by atoms with Crippen molar-refractivity contribution in [2.75, 3.05) is 20.6 Å². The molecule has 23 heavy (non-hydrogen) atoms. The van der Waals surface area contributed by atoms with Gasteiger partial charge in [-0.25, -0.2) is 4.39 Å². The third-order valence-electron chi connectivity index (χ3n) is 3.39. The first kappa shape index (κ1) is 17.4. The molecule has 1 N–H and O–H groups in total. The van der Waals surface area contributed by atoms with E-state index in [1.54, 1.807) is 48.2 Å². The molecule has 0 saturated heterocycles. The third kappa shape index (κ3) is 5.04. The number of benzene rings is 1. The zero-order chi connectivity index (χ0) is 16.8. The Labute approximate surface area is 140 Å². The average molecular weight is 339 g/mol. The SMILES string of the molecule is CN(C)[C@H](C(=O)NCCCn1cc(Cl)cn1)c1cccc(F)c1. The summed E-state index contributed by atoms with van der Waals surface area (Å²) in [4.78, 5) is 14.2. The number of carbonyl (C=O) groups is 1. The van der Waals surface area contributed by atoms with Crippen molar-refractivity contribution in [2.24, 2.45) is 0 Å². The maximum Gasteiger partial charge on any atom is 0.241 e. The van der Waals surface area contributed by atoms with E-state index in [1.165, 1.54) is 12.1 Å². The summed E-state index contributed by atoms with van der Waals surface area (Å²) in [7, 11) is 3.59. The molecule has 1 aromatic carbocycles. The highest BCUT2D eigenvalue weighted by Gasteiger charge is 2.22. The van der Waals surface area contributed by atoms with Crippen LogP contribution in [0, 0.1) is 5.82 Å². The molecule has 0 aliphatic heterocycles. The molecule has 1 heterocycles. The fourth-order valence-electron chi connectivity index (χ4n) is 2.37. The second-order valence-electron chi connectivity index (χ2n) is 5.49. The molecule has 1 aromatic heterocycles. The van der Waals surface area contributed by atoms with Crippen LogP contribution in [-0.2, 0) is 11.3 Å². The molecule has 2 aromatic rings. The Bertz CT molecular complexity index is 659. The van der Waals surface area contributed by atoms with E-state index in [4.69, 9.17) is 11.6 Å². The maximum absolute atomic E-state index is 13.4. The zero-order valence-corrected chi connectivity index (χ0v) is 13.9. The summed E-state index contributed by atoms with van der Waals surface area (Å²) < 4.78 is 15.1. The molecule has 1 amide bonds. The lowest BCUT2D eigenvalue weighted by molar-refractivity contribution is -0.125. The minimum Gasteiger partial charge on any atom is -0.354 e. The number of carbonyl (C=O) groups excluding carboxylic acids is 1. The Morgan fingerprint density at radius 3 is 2.87 bits per heavy atom. The summed E-state index contributed by atoms with van der Waals surface area (Å²) in [5.74, 6) is -0.503. The molecule has 0 radical (unpaired) electrons. The number of aromatic nitrogens is 2. The monoisotopic (exact) mass is 338 g/mol. The van der Waals surface area contributed by atoms with Crippen molar-refractivity contribution < 1.29 is 9.18 Å². The van der Waals surface area contributed by atoms with E-state index in [0.717, 1.165) is 6.42 Å². The number of hydrogen-bond donors (Lipinski definition) is 1. The van der Waals surface area contributed by atoms with Gasteiger partial charge in [-0.1, -0.05) is 23.7 Å². The smallest absolute Gasteiger partial charge is 0.241 e. The summed E-state index contributed by atoms with van der Waals surface area (Å²) in [5, 5.41) is 7.55. The van der Waals surface area contributed by atoms with E-state index >= 15 is 0 Å². The van der Waals surface area contributed by atoms with E-state index < -0.39 is 6.04 Å². The normalized spacial score (nSPS) is 12.4. The Morgan fingerprint density at radius 1 is 1.48 bits per heavy atom. The molecule has 0 aliphatic rings. The first-order chi connectivity index (χ1) is 11.0. The largest absolute Gasteiger partial charge is 0.354 e. The maximum atomic E-state index is 13.4. The Kier molecular flexibility index (Phi) is 6.12. The van der Waals surface area contributed by atoms with Gasteiger partial charge in [-0.3, -0.25) is 14.4 Å². The highest BCUT2D eigenvalue weighted by atomic mass is 35.5. The van der Waals surface area contributed by atoms with Gasteiger partial charge in [0.2, 0.25) is 5.91 Å². The predicted molar refractivity (Wildman–Crippen MR) is 87.7 cm³/mol. The van der Waals surface area contributed by atoms with Crippen LogP contribution in [0.1, 0.15) is 18.0 Å². The van der Waals surface area contributed by atoms with Crippen LogP contribution >= 0.6 is 11.6 Å². The molecular weight excluding hydrogens is 319 g/mol. The van der Waals surface area contributed by atoms with Crippen molar-refractivity contribution in [3.8, 4) is 0 Å². The number of amides is 1. The molecule has 0 saturated carbocycles. The summed E-state index contributed by atoms with van der Waals surface area (Å²) in [5.41, 5.74) is 0.631. The zero-order valence-electron chi connectivity index (χ0n) is 13.2. The van der Waals surface area contributed by atoms with E-state index in [1.807, 2.05) is 0 Å². The molecular formula is C16H20ClFN4O. The number of halogens is 2. The van der Waals surface area contributed by atoms with Crippen LogP contribution in [0.4, 0.5) is 4.39 Å². The summed E-state index contributed by atoms with van der Waals surface area (Å²) in [6, 6.07) is 5.58. The highest BCUT2D eigenvalue weighted by Crippen LogP contribution is 2.19. The van der Waals surface area contributed by atoms with Gasteiger partial charge in [-0.2, -0.15) is 5.10 Å². The van der Waals surface area contributed by atoms with Crippen molar-refractivity contribution in [3.05, 3.63) is 53.1 Å². The molecule has 124 valence electrons. The van der Waals surface area contributed by atoms with Gasteiger partial charge in [-0.15, -0.1) is 0 Å². The van der Waals surface area contributed by atoms with E-state index in [9.17, 15) is 9.18 Å². The van der Waals surface area contributed by atoms with Crippen LogP contribution < -0.4 is 5.32 Å². The Morgan fingerprint density at radius 2 is 2.26 bits per heavy atom. The van der Waals surface area contributed by atoms with Crippen LogP contribution in [0.5, 0.6) is 0 Å². The fraction of sp³-hybridized carbons (Fsp3) is 0.375. The van der Waals surface area contributed by atoms with Crippen LogP contribution in [0.25, 0.3) is 0 Å². The summed E-state index contributed by atoms with van der Waals surface area (Å²) in [6.07, 6.45) is 4.04. The lowest BCUT2D eigenvalue weighted by Gasteiger charge is -2.24. The molecule has 5 nitrogen and oxygen atoms in total. The quantitative estimate of drug-likeness (QED) is 0.789. The van der Waals surface area contributed by atoms with E-state index in [0.29, 0.717) is 23.7 Å². The number of nitrogens with one attached hydrogen (secondary N) is 1. The molecule has 0 fully saturated rings. The van der Waals surface area contributed by atoms with Gasteiger partial charge in [0.15, 0.2) is 0 Å². The molecule has 0 aliphatic carbocycles. The first-order valence-corrected chi connectivity index (χ1v) is 7.72. The van der Waals surface area contributed by atoms with Crippen molar-refractivity contribution in [2.45, 2.75) is 19.0 Å². The molecule has 7 heteroatoms. The van der Waals surface area contributed by atoms with E-state index in [2.05, 4.69) is 10.4 Å². The van der Waals surface area contributed by atoms with Gasteiger partial charge < -0.3 is 5.32 Å². The molecule has 0 unspecified atom stereocenters. The van der Waals surface area contributed by atoms with E-state index in [-0.39, 0.29) is 11.7 Å². The van der Waals surface area contributed by atoms with Gasteiger partial charge in [-0.05, 0) is 38.2 Å². The number of likely N-dealkylation sites (N-methyl/N-ethyl adjacent to an activating group) is 1.